The van der Waals surface area contributed by atoms with Crippen molar-refractivity contribution >= 4 is 21.8 Å². The van der Waals surface area contributed by atoms with Crippen LogP contribution in [0.4, 0.5) is 0 Å². The third-order valence-corrected chi connectivity index (χ3v) is 3.71. The molecule has 0 bridgehead atoms. The number of nitrogens with zero attached hydrogens (tertiary/aromatic N) is 1. The predicted molar refractivity (Wildman–Crippen MR) is 81.6 cm³/mol. The molecule has 2 aromatic carbocycles. The zero-order chi connectivity index (χ0) is 14.4. The SMILES string of the molecule is N#Cc1cccc(C(=O)NCC(Br)c2ccccc2)c1. The number of benzene rings is 2. The maximum Gasteiger partial charge on any atom is 0.251 e. The number of carbonyl (C=O) groups excluding carboxylic acids is 1. The van der Waals surface area contributed by atoms with E-state index < -0.39 is 0 Å². The van der Waals surface area contributed by atoms with E-state index in [1.807, 2.05) is 36.4 Å². The van der Waals surface area contributed by atoms with E-state index >= 15 is 0 Å². The fourth-order valence-corrected chi connectivity index (χ4v) is 2.26. The van der Waals surface area contributed by atoms with Gasteiger partial charge in [-0.3, -0.25) is 4.79 Å². The van der Waals surface area contributed by atoms with Crippen LogP contribution >= 0.6 is 15.9 Å². The normalized spacial score (nSPS) is 11.4. The second kappa shape index (κ2) is 6.88. The molecule has 1 unspecified atom stereocenters. The minimum Gasteiger partial charge on any atom is -0.351 e. The third kappa shape index (κ3) is 3.69. The van der Waals surface area contributed by atoms with Gasteiger partial charge in [0.2, 0.25) is 0 Å². The third-order valence-electron chi connectivity index (χ3n) is 2.86. The summed E-state index contributed by atoms with van der Waals surface area (Å²) in [6, 6.07) is 18.6. The number of halogens is 1. The maximum absolute atomic E-state index is 12.0. The number of rotatable bonds is 4. The van der Waals surface area contributed by atoms with E-state index in [1.165, 1.54) is 0 Å². The number of hydrogen-bond donors (Lipinski definition) is 1. The van der Waals surface area contributed by atoms with Gasteiger partial charge >= 0.3 is 0 Å². The molecule has 3 nitrogen and oxygen atoms in total. The highest BCUT2D eigenvalue weighted by atomic mass is 79.9. The molecular formula is C16H13BrN2O. The molecule has 0 saturated carbocycles. The van der Waals surface area contributed by atoms with Crippen molar-refractivity contribution in [2.24, 2.45) is 0 Å². The fraction of sp³-hybridized carbons (Fsp3) is 0.125. The largest absolute Gasteiger partial charge is 0.351 e. The van der Waals surface area contributed by atoms with Crippen LogP contribution < -0.4 is 5.32 Å². The van der Waals surface area contributed by atoms with Gasteiger partial charge in [0.05, 0.1) is 16.5 Å². The average Bonchev–Trinajstić information content (AvgIpc) is 2.53. The molecule has 0 aliphatic rings. The highest BCUT2D eigenvalue weighted by molar-refractivity contribution is 9.09. The molecule has 4 heteroatoms. The highest BCUT2D eigenvalue weighted by Gasteiger charge is 2.10. The zero-order valence-corrected chi connectivity index (χ0v) is 12.3. The van der Waals surface area contributed by atoms with Crippen molar-refractivity contribution in [2.45, 2.75) is 4.83 Å². The van der Waals surface area contributed by atoms with Crippen LogP contribution in [0.15, 0.2) is 54.6 Å². The summed E-state index contributed by atoms with van der Waals surface area (Å²) in [6.07, 6.45) is 0. The lowest BCUT2D eigenvalue weighted by molar-refractivity contribution is 0.0954. The Morgan fingerprint density at radius 3 is 2.65 bits per heavy atom. The van der Waals surface area contributed by atoms with Crippen molar-refractivity contribution in [3.8, 4) is 6.07 Å². The molecule has 1 N–H and O–H groups in total. The number of hydrogen-bond acceptors (Lipinski definition) is 2. The Bertz CT molecular complexity index is 634. The van der Waals surface area contributed by atoms with Gasteiger partial charge in [-0.2, -0.15) is 5.26 Å². The van der Waals surface area contributed by atoms with Crippen molar-refractivity contribution in [3.63, 3.8) is 0 Å². The maximum atomic E-state index is 12.0. The van der Waals surface area contributed by atoms with Gasteiger partial charge in [0.15, 0.2) is 0 Å². The Morgan fingerprint density at radius 1 is 1.20 bits per heavy atom. The van der Waals surface area contributed by atoms with Gasteiger partial charge in [0.25, 0.3) is 5.91 Å². The van der Waals surface area contributed by atoms with Gasteiger partial charge in [0.1, 0.15) is 0 Å². The Morgan fingerprint density at radius 2 is 1.95 bits per heavy atom. The minimum atomic E-state index is -0.178. The van der Waals surface area contributed by atoms with Crippen molar-refractivity contribution in [1.29, 1.82) is 5.26 Å². The number of carbonyl (C=O) groups is 1. The molecule has 20 heavy (non-hydrogen) atoms. The Labute approximate surface area is 126 Å². The Kier molecular flexibility index (Phi) is 4.91. The Balaban J connectivity index is 1.97. The van der Waals surface area contributed by atoms with Crippen LogP contribution in [0.5, 0.6) is 0 Å². The molecule has 0 aliphatic heterocycles. The van der Waals surface area contributed by atoms with E-state index in [0.29, 0.717) is 17.7 Å². The molecular weight excluding hydrogens is 316 g/mol. The monoisotopic (exact) mass is 328 g/mol. The highest BCUT2D eigenvalue weighted by Crippen LogP contribution is 2.21. The standard InChI is InChI=1S/C16H13BrN2O/c17-15(13-6-2-1-3-7-13)11-19-16(20)14-8-4-5-12(9-14)10-18/h1-9,15H,11H2,(H,19,20). The smallest absolute Gasteiger partial charge is 0.251 e. The van der Waals surface area contributed by atoms with Crippen LogP contribution in [-0.4, -0.2) is 12.5 Å². The molecule has 0 fully saturated rings. The van der Waals surface area contributed by atoms with E-state index in [9.17, 15) is 4.79 Å². The second-order valence-electron chi connectivity index (χ2n) is 4.28. The summed E-state index contributed by atoms with van der Waals surface area (Å²) in [5, 5.41) is 11.7. The average molecular weight is 329 g/mol. The topological polar surface area (TPSA) is 52.9 Å². The lowest BCUT2D eigenvalue weighted by atomic mass is 10.1. The first kappa shape index (κ1) is 14.3. The molecule has 100 valence electrons. The van der Waals surface area contributed by atoms with Crippen molar-refractivity contribution in [3.05, 3.63) is 71.3 Å². The molecule has 0 aromatic heterocycles. The van der Waals surface area contributed by atoms with Gasteiger partial charge in [-0.15, -0.1) is 0 Å². The van der Waals surface area contributed by atoms with Crippen LogP contribution in [0.25, 0.3) is 0 Å². The van der Waals surface area contributed by atoms with Crippen LogP contribution in [0.3, 0.4) is 0 Å². The number of amides is 1. The van der Waals surface area contributed by atoms with Gasteiger partial charge in [0, 0.05) is 12.1 Å². The number of nitrogens with one attached hydrogen (secondary N) is 1. The predicted octanol–water partition coefficient (Wildman–Crippen LogP) is 3.42. The summed E-state index contributed by atoms with van der Waals surface area (Å²) in [5.41, 5.74) is 2.09. The second-order valence-corrected chi connectivity index (χ2v) is 5.39. The van der Waals surface area contributed by atoms with Gasteiger partial charge in [-0.25, -0.2) is 0 Å². The van der Waals surface area contributed by atoms with E-state index in [0.717, 1.165) is 5.56 Å². The van der Waals surface area contributed by atoms with E-state index in [1.54, 1.807) is 24.3 Å². The number of alkyl halides is 1. The molecule has 1 atom stereocenters. The van der Waals surface area contributed by atoms with Gasteiger partial charge < -0.3 is 5.32 Å². The molecule has 1 amide bonds. The first-order valence-corrected chi connectivity index (χ1v) is 7.09. The minimum absolute atomic E-state index is 0.0619. The molecule has 2 rings (SSSR count). The van der Waals surface area contributed by atoms with Crippen LogP contribution in [0.2, 0.25) is 0 Å². The molecule has 0 radical (unpaired) electrons. The van der Waals surface area contributed by atoms with Crippen molar-refractivity contribution in [1.82, 2.24) is 5.32 Å². The molecule has 0 spiro atoms. The molecule has 0 heterocycles. The summed E-state index contributed by atoms with van der Waals surface area (Å²) in [7, 11) is 0. The summed E-state index contributed by atoms with van der Waals surface area (Å²) in [4.78, 5) is 12.1. The first-order chi connectivity index (χ1) is 9.70. The van der Waals surface area contributed by atoms with Crippen molar-refractivity contribution in [2.75, 3.05) is 6.54 Å². The molecule has 0 aliphatic carbocycles. The summed E-state index contributed by atoms with van der Waals surface area (Å²) >= 11 is 3.55. The summed E-state index contributed by atoms with van der Waals surface area (Å²) in [6.45, 7) is 0.486. The quantitative estimate of drug-likeness (QED) is 0.874. The van der Waals surface area contributed by atoms with E-state index in [-0.39, 0.29) is 10.7 Å². The zero-order valence-electron chi connectivity index (χ0n) is 10.7. The van der Waals surface area contributed by atoms with E-state index in [4.69, 9.17) is 5.26 Å². The first-order valence-electron chi connectivity index (χ1n) is 6.18. The lowest BCUT2D eigenvalue weighted by Crippen LogP contribution is -2.26. The fourth-order valence-electron chi connectivity index (χ4n) is 1.79. The van der Waals surface area contributed by atoms with Crippen LogP contribution in [0, 0.1) is 11.3 Å². The lowest BCUT2D eigenvalue weighted by Gasteiger charge is -2.11. The van der Waals surface area contributed by atoms with Crippen molar-refractivity contribution < 1.29 is 4.79 Å². The Hall–Kier alpha value is -2.12. The van der Waals surface area contributed by atoms with Crippen LogP contribution in [-0.2, 0) is 0 Å². The van der Waals surface area contributed by atoms with E-state index in [2.05, 4.69) is 21.2 Å². The van der Waals surface area contributed by atoms with Gasteiger partial charge in [-0.05, 0) is 23.8 Å². The van der Waals surface area contributed by atoms with Gasteiger partial charge in [-0.1, -0.05) is 52.3 Å². The molecule has 0 saturated heterocycles. The number of nitriles is 1. The summed E-state index contributed by atoms with van der Waals surface area (Å²) in [5.74, 6) is -0.178. The van der Waals surface area contributed by atoms with Crippen LogP contribution in [0.1, 0.15) is 26.3 Å². The molecule has 2 aromatic rings. The summed E-state index contributed by atoms with van der Waals surface area (Å²) < 4.78 is 0.